The molecule has 6 nitrogen and oxygen atoms in total. The van der Waals surface area contributed by atoms with Gasteiger partial charge in [-0.05, 0) is 105 Å². The highest BCUT2D eigenvalue weighted by molar-refractivity contribution is 9.09. The van der Waals surface area contributed by atoms with Gasteiger partial charge >= 0.3 is 0 Å². The standard InChI is InChI=1S/C19H20O4.C7H6O2.C5H10Br2/c20-14-16-4-8-18(9-5-16)22-12-2-1-3-13-23-19-10-6-17(15-21)7-11-19;8-5-6-1-3-7(9)4-2-6;6-4-2-1-3-5-7/h4-11,14-15H,1-3,12-13H2;1-5,9H;1-5H2. The first-order valence-electron chi connectivity index (χ1n) is 12.8. The number of ether oxygens (including phenoxy) is 2. The fraction of sp³-hybridized carbons (Fsp3) is 0.323. The Morgan fingerprint density at radius 1 is 0.513 bits per heavy atom. The molecule has 0 saturated carbocycles. The molecule has 0 aliphatic rings. The van der Waals surface area contributed by atoms with Crippen LogP contribution in [-0.2, 0) is 0 Å². The number of phenolic OH excluding ortho intramolecular Hbond substituents is 1. The van der Waals surface area contributed by atoms with Gasteiger partial charge in [0.05, 0.1) is 13.2 Å². The van der Waals surface area contributed by atoms with E-state index >= 15 is 0 Å². The Morgan fingerprint density at radius 2 is 0.846 bits per heavy atom. The zero-order chi connectivity index (χ0) is 28.6. The molecule has 0 radical (unpaired) electrons. The first-order chi connectivity index (χ1) is 19.1. The molecule has 0 amide bonds. The van der Waals surface area contributed by atoms with E-state index in [1.54, 1.807) is 60.7 Å². The Morgan fingerprint density at radius 3 is 1.18 bits per heavy atom. The molecule has 0 spiro atoms. The number of phenols is 1. The zero-order valence-corrected chi connectivity index (χ0v) is 25.1. The van der Waals surface area contributed by atoms with Crippen LogP contribution < -0.4 is 9.47 Å². The van der Waals surface area contributed by atoms with E-state index in [-0.39, 0.29) is 5.75 Å². The maximum absolute atomic E-state index is 10.5. The van der Waals surface area contributed by atoms with E-state index in [1.807, 2.05) is 0 Å². The summed E-state index contributed by atoms with van der Waals surface area (Å²) in [6, 6.07) is 20.2. The van der Waals surface area contributed by atoms with Crippen molar-refractivity contribution < 1.29 is 29.0 Å². The smallest absolute Gasteiger partial charge is 0.150 e. The summed E-state index contributed by atoms with van der Waals surface area (Å²) < 4.78 is 11.2. The molecule has 8 heteroatoms. The molecule has 0 saturated heterocycles. The third-order valence-electron chi connectivity index (χ3n) is 5.15. The Hall–Kier alpha value is -2.97. The highest BCUT2D eigenvalue weighted by Crippen LogP contribution is 2.13. The number of halogens is 2. The minimum atomic E-state index is 0.181. The van der Waals surface area contributed by atoms with Crippen LogP contribution in [0.3, 0.4) is 0 Å². The lowest BCUT2D eigenvalue weighted by Crippen LogP contribution is -2.01. The van der Waals surface area contributed by atoms with Crippen LogP contribution in [0.5, 0.6) is 17.2 Å². The summed E-state index contributed by atoms with van der Waals surface area (Å²) in [7, 11) is 0. The average molecular weight is 664 g/mol. The third-order valence-corrected chi connectivity index (χ3v) is 6.28. The number of aldehydes is 3. The number of hydrogen-bond donors (Lipinski definition) is 1. The second kappa shape index (κ2) is 23.0. The van der Waals surface area contributed by atoms with Gasteiger partial charge in [-0.2, -0.15) is 0 Å². The van der Waals surface area contributed by atoms with Crippen molar-refractivity contribution in [3.8, 4) is 17.2 Å². The van der Waals surface area contributed by atoms with Crippen LogP contribution in [0, 0.1) is 0 Å². The molecule has 0 aliphatic carbocycles. The van der Waals surface area contributed by atoms with E-state index < -0.39 is 0 Å². The maximum Gasteiger partial charge on any atom is 0.150 e. The van der Waals surface area contributed by atoms with Gasteiger partial charge in [0.2, 0.25) is 0 Å². The number of benzene rings is 3. The largest absolute Gasteiger partial charge is 0.508 e. The lowest BCUT2D eigenvalue weighted by molar-refractivity contribution is 0.111. The predicted molar refractivity (Wildman–Crippen MR) is 163 cm³/mol. The zero-order valence-electron chi connectivity index (χ0n) is 22.0. The molecule has 39 heavy (non-hydrogen) atoms. The van der Waals surface area contributed by atoms with E-state index in [9.17, 15) is 14.4 Å². The van der Waals surface area contributed by atoms with E-state index in [4.69, 9.17) is 14.6 Å². The molecular formula is C31H36Br2O6. The second-order valence-corrected chi connectivity index (χ2v) is 9.87. The van der Waals surface area contributed by atoms with Gasteiger partial charge in [-0.3, -0.25) is 14.4 Å². The van der Waals surface area contributed by atoms with Gasteiger partial charge in [0.25, 0.3) is 0 Å². The van der Waals surface area contributed by atoms with Crippen molar-refractivity contribution >= 4 is 50.7 Å². The van der Waals surface area contributed by atoms with Gasteiger partial charge in [0.1, 0.15) is 36.1 Å². The van der Waals surface area contributed by atoms with Gasteiger partial charge in [-0.1, -0.05) is 38.3 Å². The summed E-state index contributed by atoms with van der Waals surface area (Å²) >= 11 is 6.73. The first-order valence-corrected chi connectivity index (χ1v) is 15.0. The van der Waals surface area contributed by atoms with Crippen molar-refractivity contribution in [3.05, 3.63) is 89.5 Å². The Bertz CT molecular complexity index is 979. The second-order valence-electron chi connectivity index (χ2n) is 8.28. The monoisotopic (exact) mass is 662 g/mol. The van der Waals surface area contributed by atoms with Gasteiger partial charge in [-0.25, -0.2) is 0 Å². The molecule has 1 N–H and O–H groups in total. The molecule has 0 atom stereocenters. The highest BCUT2D eigenvalue weighted by Gasteiger charge is 1.97. The van der Waals surface area contributed by atoms with Gasteiger partial charge in [-0.15, -0.1) is 0 Å². The fourth-order valence-electron chi connectivity index (χ4n) is 2.96. The van der Waals surface area contributed by atoms with Crippen LogP contribution in [0.4, 0.5) is 0 Å². The lowest BCUT2D eigenvalue weighted by atomic mass is 10.2. The summed E-state index contributed by atoms with van der Waals surface area (Å²) in [4.78, 5) is 31.1. The van der Waals surface area contributed by atoms with Gasteiger partial charge in [0.15, 0.2) is 0 Å². The number of carbonyl (C=O) groups excluding carboxylic acids is 3. The number of hydrogen-bond acceptors (Lipinski definition) is 6. The molecule has 0 aromatic heterocycles. The summed E-state index contributed by atoms with van der Waals surface area (Å²) in [5.74, 6) is 1.74. The van der Waals surface area contributed by atoms with Crippen molar-refractivity contribution in [2.75, 3.05) is 23.9 Å². The molecule has 3 aromatic rings. The minimum absolute atomic E-state index is 0.181. The number of aromatic hydroxyl groups is 1. The van der Waals surface area contributed by atoms with E-state index in [0.29, 0.717) is 29.9 Å². The summed E-state index contributed by atoms with van der Waals surface area (Å²) in [6.45, 7) is 1.29. The average Bonchev–Trinajstić information content (AvgIpc) is 2.98. The first kappa shape index (κ1) is 34.1. The summed E-state index contributed by atoms with van der Waals surface area (Å²) in [5, 5.41) is 11.0. The van der Waals surface area contributed by atoms with Crippen molar-refractivity contribution in [1.82, 2.24) is 0 Å². The maximum atomic E-state index is 10.5. The van der Waals surface area contributed by atoms with E-state index in [1.165, 1.54) is 31.4 Å². The van der Waals surface area contributed by atoms with Crippen LogP contribution in [0.15, 0.2) is 72.8 Å². The Balaban J connectivity index is 0.000000388. The molecule has 0 aliphatic heterocycles. The molecule has 3 rings (SSSR count). The van der Waals surface area contributed by atoms with E-state index in [2.05, 4.69) is 31.9 Å². The molecule has 3 aromatic carbocycles. The van der Waals surface area contributed by atoms with Crippen molar-refractivity contribution in [2.45, 2.75) is 38.5 Å². The lowest BCUT2D eigenvalue weighted by Gasteiger charge is -2.07. The molecule has 0 fully saturated rings. The normalized spacial score (nSPS) is 9.69. The number of rotatable bonds is 15. The predicted octanol–water partition coefficient (Wildman–Crippen LogP) is 8.09. The van der Waals surface area contributed by atoms with Crippen LogP contribution in [0.25, 0.3) is 0 Å². The summed E-state index contributed by atoms with van der Waals surface area (Å²) in [6.07, 6.45) is 9.24. The Labute approximate surface area is 248 Å². The third kappa shape index (κ3) is 17.3. The quantitative estimate of drug-likeness (QED) is 0.100. The van der Waals surface area contributed by atoms with Crippen LogP contribution in [0.2, 0.25) is 0 Å². The molecule has 210 valence electrons. The number of alkyl halides is 2. The van der Waals surface area contributed by atoms with Crippen molar-refractivity contribution in [1.29, 1.82) is 0 Å². The molecular weight excluding hydrogens is 628 g/mol. The molecule has 0 heterocycles. The molecule has 0 unspecified atom stereocenters. The van der Waals surface area contributed by atoms with Crippen molar-refractivity contribution in [3.63, 3.8) is 0 Å². The fourth-order valence-corrected chi connectivity index (χ4v) is 3.76. The Kier molecular flexibility index (Phi) is 20.1. The minimum Gasteiger partial charge on any atom is -0.508 e. The van der Waals surface area contributed by atoms with E-state index in [0.717, 1.165) is 60.3 Å². The number of unbranched alkanes of at least 4 members (excludes halogenated alkanes) is 4. The SMILES string of the molecule is BrCCCCCBr.O=Cc1ccc(O)cc1.O=Cc1ccc(OCCCCCOc2ccc(C=O)cc2)cc1. The van der Waals surface area contributed by atoms with Crippen LogP contribution in [0.1, 0.15) is 69.6 Å². The topological polar surface area (TPSA) is 89.9 Å². The number of carbonyl (C=O) groups is 3. The van der Waals surface area contributed by atoms with Crippen molar-refractivity contribution in [2.24, 2.45) is 0 Å². The van der Waals surface area contributed by atoms with Gasteiger partial charge < -0.3 is 14.6 Å². The van der Waals surface area contributed by atoms with Crippen LogP contribution in [-0.4, -0.2) is 47.8 Å². The summed E-state index contributed by atoms with van der Waals surface area (Å²) in [5.41, 5.74) is 1.87. The van der Waals surface area contributed by atoms with Crippen LogP contribution >= 0.6 is 31.9 Å². The molecule has 0 bridgehead atoms. The highest BCUT2D eigenvalue weighted by atomic mass is 79.9. The van der Waals surface area contributed by atoms with Gasteiger partial charge in [0, 0.05) is 27.4 Å².